The molecule has 12 fully saturated rings. The molecule has 18 rings (SSSR count). The Morgan fingerprint density at radius 3 is 0.631 bits per heavy atom. The van der Waals surface area contributed by atoms with Crippen LogP contribution in [0.1, 0.15) is 370 Å². The molecular formula is C112H166N6O17S6. The third kappa shape index (κ3) is 24.8. The van der Waals surface area contributed by atoms with E-state index in [1.807, 2.05) is 19.1 Å². The van der Waals surface area contributed by atoms with Crippen molar-refractivity contribution in [2.24, 2.45) is 65.0 Å². The summed E-state index contributed by atoms with van der Waals surface area (Å²) in [5.41, 5.74) is 5.24. The van der Waals surface area contributed by atoms with E-state index in [9.17, 15) is 75.4 Å². The van der Waals surface area contributed by atoms with Crippen LogP contribution in [0.5, 0.6) is 0 Å². The van der Waals surface area contributed by atoms with E-state index in [4.69, 9.17) is 0 Å². The molecular weight excluding hydrogens is 1890 g/mol. The minimum absolute atomic E-state index is 0.0553. The Hall–Kier alpha value is -6.00. The van der Waals surface area contributed by atoms with Crippen LogP contribution in [-0.2, 0) is 65.7 Å². The van der Waals surface area contributed by atoms with Gasteiger partial charge in [0.15, 0.2) is 11.6 Å². The van der Waals surface area contributed by atoms with E-state index in [1.165, 1.54) is 19.4 Å². The van der Waals surface area contributed by atoms with E-state index in [1.54, 1.807) is 180 Å². The van der Waals surface area contributed by atoms with Gasteiger partial charge in [-0.25, -0.2) is 50.5 Å². The van der Waals surface area contributed by atoms with Crippen molar-refractivity contribution in [1.29, 1.82) is 0 Å². The van der Waals surface area contributed by atoms with E-state index >= 15 is 0 Å². The van der Waals surface area contributed by atoms with Crippen molar-refractivity contribution >= 4 is 71.7 Å². The van der Waals surface area contributed by atoms with Crippen molar-refractivity contribution in [3.63, 3.8) is 0 Å². The van der Waals surface area contributed by atoms with Gasteiger partial charge in [0.25, 0.3) is 0 Å². The first-order valence-corrected chi connectivity index (χ1v) is 60.0. The molecule has 0 amide bonds. The number of benzene rings is 6. The minimum Gasteiger partial charge on any atom is -0.389 e. The van der Waals surface area contributed by atoms with E-state index in [0.29, 0.717) is 82.3 Å². The number of aliphatic hydroxyl groups excluding tert-OH is 2. The molecule has 12 bridgehead atoms. The predicted molar refractivity (Wildman–Crippen MR) is 559 cm³/mol. The summed E-state index contributed by atoms with van der Waals surface area (Å²) in [6, 6.07) is 40.8. The van der Waals surface area contributed by atoms with Crippen molar-refractivity contribution in [2.45, 2.75) is 398 Å². The van der Waals surface area contributed by atoms with Crippen molar-refractivity contribution in [2.75, 3.05) is 39.3 Å². The second kappa shape index (κ2) is 39.5. The van der Waals surface area contributed by atoms with Gasteiger partial charge in [0.2, 0.25) is 60.1 Å². The van der Waals surface area contributed by atoms with Crippen LogP contribution in [0.25, 0.3) is 0 Å². The van der Waals surface area contributed by atoms with Gasteiger partial charge in [0, 0.05) is 86.6 Å². The topological polar surface area (TPSA) is 319 Å². The molecule has 12 aliphatic rings. The number of hydrogen-bond acceptors (Lipinski definition) is 17. The average molecular weight is 2060 g/mol. The standard InChI is InChI=1S/C20H31NO3S.C20H31NO2S.2C18H27NO3S.2C18H25NO3S/c1-6-20(5,22)15-7-9-17(10-8-15)25(23,24)21-14-19(4)12-16(21)11-18(2,3)13-19;1-6-15(2)16-7-9-18(10-8-16)24(22,23)21-14-20(5)12-17(21)11-19(3,4)13-20;4*1-13(20)14-5-7-16(8-6-14)23(21,22)19-12-18(4)10-15(19)9-17(2,3)11-18/h7-10,16,22H,6,11-14H2,1-5H3;7-10,15,17H,6,11-14H2,1-5H3;2*5-8,13,15,20H,9-12H2,1-4H3;2*5-8,15H,9-12H2,1-4H3. The second-order valence-corrected chi connectivity index (χ2v) is 63.6. The monoisotopic (exact) mass is 2060 g/mol. The smallest absolute Gasteiger partial charge is 0.243 e. The molecule has 23 nitrogen and oxygen atoms in total. The molecule has 6 aliphatic carbocycles. The molecule has 3 N–H and O–H groups in total. The van der Waals surface area contributed by atoms with Crippen LogP contribution >= 0.6 is 0 Å². The van der Waals surface area contributed by atoms with Crippen LogP contribution in [0.4, 0.5) is 0 Å². The summed E-state index contributed by atoms with van der Waals surface area (Å²) >= 11 is 0. The van der Waals surface area contributed by atoms with Gasteiger partial charge in [-0.2, -0.15) is 25.8 Å². The van der Waals surface area contributed by atoms with Gasteiger partial charge in [-0.1, -0.05) is 218 Å². The van der Waals surface area contributed by atoms with Gasteiger partial charge in [0.1, 0.15) is 0 Å². The molecule has 782 valence electrons. The number of aliphatic hydroxyl groups is 3. The fourth-order valence-electron chi connectivity index (χ4n) is 28.9. The Labute approximate surface area is 847 Å². The maximum absolute atomic E-state index is 13.2. The third-order valence-corrected chi connectivity index (χ3v) is 44.8. The average Bonchev–Trinajstić information content (AvgIpc) is 1.61. The highest BCUT2D eigenvalue weighted by molar-refractivity contribution is 7.90. The maximum Gasteiger partial charge on any atom is 0.243 e. The molecule has 6 aromatic rings. The minimum atomic E-state index is -3.50. The van der Waals surface area contributed by atoms with E-state index < -0.39 is 77.9 Å². The van der Waals surface area contributed by atoms with E-state index in [2.05, 4.69) is 138 Å². The molecule has 6 heterocycles. The molecule has 0 aromatic heterocycles. The molecule has 6 saturated heterocycles. The zero-order valence-electron chi connectivity index (χ0n) is 89.1. The fourth-order valence-corrected chi connectivity index (χ4v) is 39.5. The number of rotatable bonds is 20. The number of fused-ring (bicyclic) bond motifs is 12. The van der Waals surface area contributed by atoms with Gasteiger partial charge in [-0.15, -0.1) is 0 Å². The van der Waals surface area contributed by atoms with Gasteiger partial charge >= 0.3 is 0 Å². The highest BCUT2D eigenvalue weighted by Crippen LogP contribution is 2.61. The van der Waals surface area contributed by atoms with Crippen LogP contribution in [0, 0.1) is 65.0 Å². The summed E-state index contributed by atoms with van der Waals surface area (Å²) in [6.07, 6.45) is 18.2. The summed E-state index contributed by atoms with van der Waals surface area (Å²) in [5.74, 6) is 0.355. The molecule has 0 spiro atoms. The lowest BCUT2D eigenvalue weighted by atomic mass is 9.65. The Morgan fingerprint density at radius 1 is 0.298 bits per heavy atom. The Balaban J connectivity index is 0.000000142. The first kappa shape index (κ1) is 112. The SMILES string of the molecule is CC(=O)c1ccc(S(=O)(=O)N2CC3(C)CC2CC(C)(C)C3)cc1.CC(=O)c1ccc(S(=O)(=O)N2CC3(C)CC2CC(C)(C)C3)cc1.CC(O)c1ccc(S(=O)(=O)N2CC3(C)CC2CC(C)(C)C3)cc1.CC(O)c1ccc(S(=O)(=O)N2CC3(C)CC2CC(C)(C)C3)cc1.CCC(C)(O)c1ccc(S(=O)(=O)N2CC3(C)CC2CC(C)(C)C3)cc1.CCC(C)c1ccc(S(=O)(=O)N2CC3(C)CC2CC(C)(C)C3)cc1. The lowest BCUT2D eigenvalue weighted by molar-refractivity contribution is 0.0530. The number of nitrogens with zero attached hydrogens (tertiary/aromatic N) is 6. The van der Waals surface area contributed by atoms with E-state index in [-0.39, 0.29) is 123 Å². The summed E-state index contributed by atoms with van der Waals surface area (Å²) in [4.78, 5) is 24.7. The molecule has 29 heteroatoms. The summed E-state index contributed by atoms with van der Waals surface area (Å²) in [6.45, 7) is 58.2. The second-order valence-electron chi connectivity index (χ2n) is 52.3. The zero-order valence-corrected chi connectivity index (χ0v) is 94.0. The molecule has 6 saturated carbocycles. The third-order valence-electron chi connectivity index (χ3n) is 33.3. The summed E-state index contributed by atoms with van der Waals surface area (Å²) in [5, 5.41) is 29.5. The largest absolute Gasteiger partial charge is 0.389 e. The molecule has 16 atom stereocenters. The first-order chi connectivity index (χ1) is 64.5. The lowest BCUT2D eigenvalue weighted by Gasteiger charge is -2.39. The van der Waals surface area contributed by atoms with Crippen LogP contribution in [0.15, 0.2) is 175 Å². The van der Waals surface area contributed by atoms with Crippen LogP contribution in [-0.4, -0.2) is 179 Å². The van der Waals surface area contributed by atoms with Crippen molar-refractivity contribution in [3.8, 4) is 0 Å². The van der Waals surface area contributed by atoms with Gasteiger partial charge in [-0.3, -0.25) is 9.59 Å². The van der Waals surface area contributed by atoms with Crippen LogP contribution < -0.4 is 0 Å². The first-order valence-electron chi connectivity index (χ1n) is 51.4. The summed E-state index contributed by atoms with van der Waals surface area (Å²) < 4.78 is 168. The highest BCUT2D eigenvalue weighted by Gasteiger charge is 2.60. The molecule has 0 radical (unpaired) electrons. The Kier molecular flexibility index (Phi) is 31.4. The zero-order chi connectivity index (χ0) is 105. The number of hydrogen-bond donors (Lipinski definition) is 3. The van der Waals surface area contributed by atoms with Crippen LogP contribution in [0.3, 0.4) is 0 Å². The van der Waals surface area contributed by atoms with Crippen molar-refractivity contribution < 1.29 is 75.4 Å². The Morgan fingerprint density at radius 2 is 0.468 bits per heavy atom. The maximum atomic E-state index is 13.2. The lowest BCUT2D eigenvalue weighted by Crippen LogP contribution is -2.37. The number of Topliss-reactive ketones (excluding diaryl/α,β-unsaturated/α-hetero) is 2. The number of sulfonamides is 6. The van der Waals surface area contributed by atoms with Gasteiger partial charge < -0.3 is 15.3 Å². The summed E-state index contributed by atoms with van der Waals surface area (Å²) in [7, 11) is -20.8. The number of ketones is 2. The molecule has 6 aliphatic heterocycles. The fraction of sp³-hybridized carbons (Fsp3) is 0.661. The predicted octanol–water partition coefficient (Wildman–Crippen LogP) is 22.3. The number of carbonyl (C=O) groups excluding carboxylic acids is 2. The van der Waals surface area contributed by atoms with Crippen molar-refractivity contribution in [1.82, 2.24) is 25.8 Å². The molecule has 16 unspecified atom stereocenters. The quantitative estimate of drug-likeness (QED) is 0.0598. The van der Waals surface area contributed by atoms with E-state index in [0.717, 1.165) is 139 Å². The Bertz CT molecular complexity index is 6040. The normalized spacial score (nSPS) is 31.2. The number of carbonyl (C=O) groups is 2. The highest BCUT2D eigenvalue weighted by atomic mass is 32.2. The van der Waals surface area contributed by atoms with Crippen molar-refractivity contribution in [3.05, 3.63) is 179 Å². The molecule has 141 heavy (non-hydrogen) atoms. The van der Waals surface area contributed by atoms with Gasteiger partial charge in [0.05, 0.1) is 47.2 Å². The van der Waals surface area contributed by atoms with Crippen LogP contribution in [0.2, 0.25) is 0 Å². The molecule has 6 aromatic carbocycles. The van der Waals surface area contributed by atoms with Gasteiger partial charge in [-0.05, 0) is 329 Å².